The van der Waals surface area contributed by atoms with Crippen molar-refractivity contribution in [3.8, 4) is 0 Å². The fourth-order valence-corrected chi connectivity index (χ4v) is 4.60. The number of benzene rings is 2. The molecule has 0 aliphatic rings. The molecule has 2 rings (SSSR count). The molecule has 5 nitrogen and oxygen atoms in total. The summed E-state index contributed by atoms with van der Waals surface area (Å²) in [6, 6.07) is 9.11. The van der Waals surface area contributed by atoms with Crippen molar-refractivity contribution in [3.63, 3.8) is 0 Å². The van der Waals surface area contributed by atoms with Crippen molar-refractivity contribution in [1.29, 1.82) is 0 Å². The number of sulfonamides is 1. The second kappa shape index (κ2) is 8.72. The summed E-state index contributed by atoms with van der Waals surface area (Å²) in [7, 11) is -3.75. The lowest BCUT2D eigenvalue weighted by Crippen LogP contribution is -2.48. The lowest BCUT2D eigenvalue weighted by atomic mass is 10.0. The molecule has 0 bridgehead atoms. The van der Waals surface area contributed by atoms with E-state index in [0.29, 0.717) is 0 Å². The van der Waals surface area contributed by atoms with E-state index in [1.165, 1.54) is 25.1 Å². The summed E-state index contributed by atoms with van der Waals surface area (Å²) in [5.41, 5.74) is 3.47. The number of hydrogen-bond donors (Lipinski definition) is 1. The minimum atomic E-state index is -3.75. The first kappa shape index (κ1) is 22.5. The van der Waals surface area contributed by atoms with Crippen LogP contribution in [-0.2, 0) is 14.8 Å². The zero-order chi connectivity index (χ0) is 21.2. The molecule has 1 amide bonds. The molecule has 0 heterocycles. The second-order valence-electron chi connectivity index (χ2n) is 6.94. The molecule has 1 N–H and O–H groups in total. The number of amides is 1. The van der Waals surface area contributed by atoms with Crippen molar-refractivity contribution in [2.24, 2.45) is 0 Å². The van der Waals surface area contributed by atoms with E-state index in [-0.39, 0.29) is 21.8 Å². The zero-order valence-corrected chi connectivity index (χ0v) is 18.8. The molecule has 0 aromatic heterocycles. The molecule has 2 aromatic rings. The minimum Gasteiger partial charge on any atom is -0.348 e. The van der Waals surface area contributed by atoms with Crippen molar-refractivity contribution in [2.75, 3.05) is 10.6 Å². The Balaban J connectivity index is 2.29. The number of nitrogens with one attached hydrogen (secondary N) is 1. The summed E-state index contributed by atoms with van der Waals surface area (Å²) in [4.78, 5) is 12.8. The van der Waals surface area contributed by atoms with Gasteiger partial charge >= 0.3 is 0 Å². The third kappa shape index (κ3) is 5.40. The molecule has 0 unspecified atom stereocenters. The van der Waals surface area contributed by atoms with Gasteiger partial charge in [0.15, 0.2) is 0 Å². The van der Waals surface area contributed by atoms with E-state index >= 15 is 0 Å². The van der Waals surface area contributed by atoms with Gasteiger partial charge in [-0.2, -0.15) is 0 Å². The van der Waals surface area contributed by atoms with Gasteiger partial charge in [0.25, 0.3) is 0 Å². The van der Waals surface area contributed by atoms with Gasteiger partial charge in [0.1, 0.15) is 6.04 Å². The van der Waals surface area contributed by atoms with E-state index in [0.717, 1.165) is 27.3 Å². The van der Waals surface area contributed by atoms with E-state index in [1.807, 2.05) is 39.0 Å². The quantitative estimate of drug-likeness (QED) is 0.707. The summed E-state index contributed by atoms with van der Waals surface area (Å²) in [6.45, 7) is 7.41. The Hall–Kier alpha value is -1.76. The Morgan fingerprint density at radius 3 is 2.07 bits per heavy atom. The van der Waals surface area contributed by atoms with E-state index in [2.05, 4.69) is 5.32 Å². The van der Waals surface area contributed by atoms with Gasteiger partial charge in [-0.15, -0.1) is 0 Å². The molecule has 2 aromatic carbocycles. The predicted octanol–water partition coefficient (Wildman–Crippen LogP) is 4.64. The van der Waals surface area contributed by atoms with Crippen LogP contribution in [0.25, 0.3) is 0 Å². The zero-order valence-electron chi connectivity index (χ0n) is 16.5. The Labute approximate surface area is 176 Å². The van der Waals surface area contributed by atoms with Crippen molar-refractivity contribution in [3.05, 3.63) is 63.1 Å². The average molecular weight is 443 g/mol. The molecular formula is C20H24Cl2N2O3S. The third-order valence-electron chi connectivity index (χ3n) is 4.58. The standard InChI is InChI=1S/C20H24Cl2N2O3S/c1-12-6-7-16(8-13(12)2)14(3)23-20(25)15(4)24(28(5,26)27)19-10-17(21)9-18(22)11-19/h6-11,14-15H,1-5H3,(H,23,25)/t14-,15+/m1/s1. The van der Waals surface area contributed by atoms with Crippen molar-refractivity contribution in [1.82, 2.24) is 5.32 Å². The fourth-order valence-electron chi connectivity index (χ4n) is 2.93. The Morgan fingerprint density at radius 2 is 1.57 bits per heavy atom. The summed E-state index contributed by atoms with van der Waals surface area (Å²) in [6.07, 6.45) is 1.04. The number of hydrogen-bond acceptors (Lipinski definition) is 3. The van der Waals surface area contributed by atoms with E-state index < -0.39 is 22.0 Å². The number of halogens is 2. The molecular weight excluding hydrogens is 419 g/mol. The monoisotopic (exact) mass is 442 g/mol. The Bertz CT molecular complexity index is 973. The summed E-state index contributed by atoms with van der Waals surface area (Å²) < 4.78 is 25.8. The molecule has 0 fully saturated rings. The molecule has 0 spiro atoms. The van der Waals surface area contributed by atoms with Crippen LogP contribution >= 0.6 is 23.2 Å². The number of carbonyl (C=O) groups excluding carboxylic acids is 1. The minimum absolute atomic E-state index is 0.237. The van der Waals surface area contributed by atoms with Crippen LogP contribution < -0.4 is 9.62 Å². The van der Waals surface area contributed by atoms with E-state index in [4.69, 9.17) is 23.2 Å². The van der Waals surface area contributed by atoms with Crippen LogP contribution in [0.4, 0.5) is 5.69 Å². The topological polar surface area (TPSA) is 66.5 Å². The molecule has 2 atom stereocenters. The van der Waals surface area contributed by atoms with Crippen LogP contribution in [0, 0.1) is 13.8 Å². The van der Waals surface area contributed by atoms with E-state index in [1.54, 1.807) is 0 Å². The molecule has 28 heavy (non-hydrogen) atoms. The molecule has 8 heteroatoms. The maximum Gasteiger partial charge on any atom is 0.244 e. The first-order chi connectivity index (χ1) is 12.9. The Kier molecular flexibility index (Phi) is 7.02. The van der Waals surface area contributed by atoms with Crippen LogP contribution in [0.5, 0.6) is 0 Å². The average Bonchev–Trinajstić information content (AvgIpc) is 2.55. The molecule has 0 aliphatic heterocycles. The molecule has 0 radical (unpaired) electrons. The number of rotatable bonds is 6. The fraction of sp³-hybridized carbons (Fsp3) is 0.350. The van der Waals surface area contributed by atoms with Gasteiger partial charge < -0.3 is 5.32 Å². The van der Waals surface area contributed by atoms with Gasteiger partial charge in [0.05, 0.1) is 18.0 Å². The van der Waals surface area contributed by atoms with Crippen molar-refractivity contribution >= 4 is 44.8 Å². The summed E-state index contributed by atoms with van der Waals surface area (Å²) in [5, 5.41) is 3.45. The van der Waals surface area contributed by atoms with Gasteiger partial charge in [-0.25, -0.2) is 8.42 Å². The highest BCUT2D eigenvalue weighted by molar-refractivity contribution is 7.92. The maximum absolute atomic E-state index is 12.8. The predicted molar refractivity (Wildman–Crippen MR) is 116 cm³/mol. The lowest BCUT2D eigenvalue weighted by Gasteiger charge is -2.29. The van der Waals surface area contributed by atoms with Crippen molar-refractivity contribution in [2.45, 2.75) is 39.8 Å². The van der Waals surface area contributed by atoms with Gasteiger partial charge in [-0.3, -0.25) is 9.10 Å². The van der Waals surface area contributed by atoms with Crippen LogP contribution in [0.15, 0.2) is 36.4 Å². The number of anilines is 1. The lowest BCUT2D eigenvalue weighted by molar-refractivity contribution is -0.122. The maximum atomic E-state index is 12.8. The smallest absolute Gasteiger partial charge is 0.244 e. The highest BCUT2D eigenvalue weighted by atomic mass is 35.5. The number of aryl methyl sites for hydroxylation is 2. The highest BCUT2D eigenvalue weighted by Crippen LogP contribution is 2.29. The number of nitrogens with zero attached hydrogens (tertiary/aromatic N) is 1. The first-order valence-corrected chi connectivity index (χ1v) is 11.3. The van der Waals surface area contributed by atoms with Crippen LogP contribution in [0.1, 0.15) is 36.6 Å². The number of carbonyl (C=O) groups is 1. The molecule has 152 valence electrons. The molecule has 0 saturated heterocycles. The van der Waals surface area contributed by atoms with Crippen LogP contribution in [0.3, 0.4) is 0 Å². The van der Waals surface area contributed by atoms with Gasteiger partial charge in [-0.1, -0.05) is 41.4 Å². The van der Waals surface area contributed by atoms with Crippen molar-refractivity contribution < 1.29 is 13.2 Å². The second-order valence-corrected chi connectivity index (χ2v) is 9.67. The van der Waals surface area contributed by atoms with Crippen LogP contribution in [-0.4, -0.2) is 26.6 Å². The van der Waals surface area contributed by atoms with Gasteiger partial charge in [0.2, 0.25) is 15.9 Å². The molecule has 0 aliphatic carbocycles. The van der Waals surface area contributed by atoms with Gasteiger partial charge in [0, 0.05) is 10.0 Å². The van der Waals surface area contributed by atoms with E-state index in [9.17, 15) is 13.2 Å². The Morgan fingerprint density at radius 1 is 1.00 bits per heavy atom. The summed E-state index contributed by atoms with van der Waals surface area (Å²) >= 11 is 12.0. The largest absolute Gasteiger partial charge is 0.348 e. The summed E-state index contributed by atoms with van der Waals surface area (Å²) in [5.74, 6) is -0.424. The normalized spacial score (nSPS) is 13.7. The highest BCUT2D eigenvalue weighted by Gasteiger charge is 2.30. The van der Waals surface area contributed by atoms with Gasteiger partial charge in [-0.05, 0) is 62.6 Å². The first-order valence-electron chi connectivity index (χ1n) is 8.73. The third-order valence-corrected chi connectivity index (χ3v) is 6.26. The van der Waals surface area contributed by atoms with Crippen LogP contribution in [0.2, 0.25) is 10.0 Å². The molecule has 0 saturated carbocycles. The SMILES string of the molecule is Cc1ccc([C@@H](C)NC(=O)[C@H](C)N(c2cc(Cl)cc(Cl)c2)S(C)(=O)=O)cc1C.